The minimum atomic E-state index is 0.436. The second kappa shape index (κ2) is 5.19. The Hall–Kier alpha value is -1.59. The summed E-state index contributed by atoms with van der Waals surface area (Å²) in [7, 11) is 0. The Labute approximate surface area is 119 Å². The van der Waals surface area contributed by atoms with Crippen molar-refractivity contribution in [2.75, 3.05) is 0 Å². The first kappa shape index (κ1) is 12.4. The number of nitrogens with zero attached hydrogens (tertiary/aromatic N) is 3. The molecule has 0 spiro atoms. The molecule has 0 atom stereocenters. The van der Waals surface area contributed by atoms with E-state index in [1.165, 1.54) is 11.8 Å². The largest absolute Gasteiger partial charge is 0.431 e. The van der Waals surface area contributed by atoms with Gasteiger partial charge in [-0.25, -0.2) is 15.0 Å². The van der Waals surface area contributed by atoms with E-state index in [0.29, 0.717) is 16.2 Å². The van der Waals surface area contributed by atoms with E-state index < -0.39 is 0 Å². The van der Waals surface area contributed by atoms with Gasteiger partial charge < -0.3 is 4.42 Å². The molecule has 0 aliphatic heterocycles. The molecule has 3 rings (SSSR count). The van der Waals surface area contributed by atoms with Crippen molar-refractivity contribution in [3.63, 3.8) is 0 Å². The first-order valence-electron chi connectivity index (χ1n) is 5.81. The highest BCUT2D eigenvalue weighted by Gasteiger charge is 2.09. The first-order valence-corrected chi connectivity index (χ1v) is 7.01. The quantitative estimate of drug-likeness (QED) is 0.683. The molecular formula is C13H10ClN3OS. The Morgan fingerprint density at radius 3 is 2.84 bits per heavy atom. The van der Waals surface area contributed by atoms with Crippen LogP contribution < -0.4 is 0 Å². The normalized spacial score (nSPS) is 11.1. The zero-order valence-corrected chi connectivity index (χ0v) is 11.7. The van der Waals surface area contributed by atoms with E-state index in [1.807, 2.05) is 31.2 Å². The SMILES string of the molecule is CCc1nc(Cl)cc(Sc2nc3ccccc3o2)n1. The predicted molar refractivity (Wildman–Crippen MR) is 74.6 cm³/mol. The summed E-state index contributed by atoms with van der Waals surface area (Å²) in [6.45, 7) is 1.99. The second-order valence-corrected chi connectivity index (χ2v) is 5.21. The highest BCUT2D eigenvalue weighted by atomic mass is 35.5. The number of halogens is 1. The number of benzene rings is 1. The summed E-state index contributed by atoms with van der Waals surface area (Å²) in [4.78, 5) is 12.9. The molecule has 0 bridgehead atoms. The van der Waals surface area contributed by atoms with Crippen molar-refractivity contribution in [2.45, 2.75) is 23.6 Å². The number of hydrogen-bond acceptors (Lipinski definition) is 5. The van der Waals surface area contributed by atoms with E-state index in [-0.39, 0.29) is 0 Å². The minimum absolute atomic E-state index is 0.436. The molecule has 0 N–H and O–H groups in total. The average Bonchev–Trinajstić information content (AvgIpc) is 2.80. The smallest absolute Gasteiger partial charge is 0.263 e. The minimum Gasteiger partial charge on any atom is -0.431 e. The lowest BCUT2D eigenvalue weighted by atomic mass is 10.3. The van der Waals surface area contributed by atoms with Crippen LogP contribution in [0, 0.1) is 0 Å². The molecule has 0 aliphatic rings. The summed E-state index contributed by atoms with van der Waals surface area (Å²) in [5.74, 6) is 0.714. The maximum Gasteiger partial charge on any atom is 0.263 e. The fourth-order valence-electron chi connectivity index (χ4n) is 1.64. The Kier molecular flexibility index (Phi) is 3.40. The molecule has 0 unspecified atom stereocenters. The molecule has 4 nitrogen and oxygen atoms in total. The van der Waals surface area contributed by atoms with Crippen molar-refractivity contribution in [2.24, 2.45) is 0 Å². The third-order valence-electron chi connectivity index (χ3n) is 2.50. The number of rotatable bonds is 3. The molecule has 0 amide bonds. The molecule has 2 heterocycles. The first-order chi connectivity index (χ1) is 9.24. The summed E-state index contributed by atoms with van der Waals surface area (Å²) in [5, 5.41) is 1.73. The lowest BCUT2D eigenvalue weighted by Gasteiger charge is -2.00. The summed E-state index contributed by atoms with van der Waals surface area (Å²) < 4.78 is 5.63. The third-order valence-corrected chi connectivity index (χ3v) is 3.46. The Morgan fingerprint density at radius 2 is 2.05 bits per heavy atom. The summed E-state index contributed by atoms with van der Waals surface area (Å²) >= 11 is 7.30. The Balaban J connectivity index is 1.94. The zero-order valence-electron chi connectivity index (χ0n) is 10.1. The molecule has 1 aromatic carbocycles. The number of para-hydroxylation sites is 2. The average molecular weight is 292 g/mol. The van der Waals surface area contributed by atoms with E-state index in [1.54, 1.807) is 6.07 Å². The fourth-order valence-corrected chi connectivity index (χ4v) is 2.68. The van der Waals surface area contributed by atoms with Crippen molar-refractivity contribution in [1.82, 2.24) is 15.0 Å². The van der Waals surface area contributed by atoms with Gasteiger partial charge in [-0.05, 0) is 23.9 Å². The van der Waals surface area contributed by atoms with Gasteiger partial charge in [-0.15, -0.1) is 0 Å². The molecule has 0 fully saturated rings. The van der Waals surface area contributed by atoms with Crippen LogP contribution in [0.4, 0.5) is 0 Å². The highest BCUT2D eigenvalue weighted by Crippen LogP contribution is 2.29. The van der Waals surface area contributed by atoms with Gasteiger partial charge in [-0.1, -0.05) is 30.7 Å². The van der Waals surface area contributed by atoms with Gasteiger partial charge in [0.25, 0.3) is 5.22 Å². The fraction of sp³-hybridized carbons (Fsp3) is 0.154. The lowest BCUT2D eigenvalue weighted by Crippen LogP contribution is -1.94. The van der Waals surface area contributed by atoms with E-state index in [2.05, 4.69) is 15.0 Å². The molecule has 19 heavy (non-hydrogen) atoms. The van der Waals surface area contributed by atoms with Crippen LogP contribution in [0.2, 0.25) is 5.15 Å². The number of oxazole rings is 1. The van der Waals surface area contributed by atoms with Crippen molar-refractivity contribution < 1.29 is 4.42 Å². The van der Waals surface area contributed by atoms with Crippen molar-refractivity contribution >= 4 is 34.5 Å². The highest BCUT2D eigenvalue weighted by molar-refractivity contribution is 7.99. The van der Waals surface area contributed by atoms with E-state index >= 15 is 0 Å². The topological polar surface area (TPSA) is 51.8 Å². The number of aromatic nitrogens is 3. The lowest BCUT2D eigenvalue weighted by molar-refractivity contribution is 0.489. The van der Waals surface area contributed by atoms with Gasteiger partial charge >= 0.3 is 0 Å². The maximum absolute atomic E-state index is 5.96. The second-order valence-electron chi connectivity index (χ2n) is 3.85. The number of hydrogen-bond donors (Lipinski definition) is 0. The molecule has 0 aliphatic carbocycles. The standard InChI is InChI=1S/C13H10ClN3OS/c1-2-11-16-10(14)7-12(17-11)19-13-15-8-5-3-4-6-9(8)18-13/h3-7H,2H2,1H3. The molecule has 96 valence electrons. The molecule has 6 heteroatoms. The summed E-state index contributed by atoms with van der Waals surface area (Å²) in [5.41, 5.74) is 1.60. The van der Waals surface area contributed by atoms with Gasteiger partial charge in [0, 0.05) is 12.5 Å². The van der Waals surface area contributed by atoms with Gasteiger partial charge in [-0.3, -0.25) is 0 Å². The Bertz CT molecular complexity index is 696. The van der Waals surface area contributed by atoms with Crippen molar-refractivity contribution in [3.05, 3.63) is 41.3 Å². The van der Waals surface area contributed by atoms with Gasteiger partial charge in [0.05, 0.1) is 0 Å². The van der Waals surface area contributed by atoms with Crippen LogP contribution in [0.25, 0.3) is 11.1 Å². The van der Waals surface area contributed by atoms with Crippen LogP contribution in [0.1, 0.15) is 12.7 Å². The Morgan fingerprint density at radius 1 is 1.21 bits per heavy atom. The van der Waals surface area contributed by atoms with Crippen molar-refractivity contribution in [3.8, 4) is 0 Å². The summed E-state index contributed by atoms with van der Waals surface area (Å²) in [6, 6.07) is 9.35. The van der Waals surface area contributed by atoms with Gasteiger partial charge in [0.2, 0.25) is 0 Å². The van der Waals surface area contributed by atoms with Crippen LogP contribution >= 0.6 is 23.4 Å². The molecular weight excluding hydrogens is 282 g/mol. The molecule has 3 aromatic rings. The molecule has 0 radical (unpaired) electrons. The third kappa shape index (κ3) is 2.72. The molecule has 2 aromatic heterocycles. The number of aryl methyl sites for hydroxylation is 1. The van der Waals surface area contributed by atoms with Crippen molar-refractivity contribution in [1.29, 1.82) is 0 Å². The van der Waals surface area contributed by atoms with Crippen LogP contribution in [0.15, 0.2) is 45.0 Å². The monoisotopic (exact) mass is 291 g/mol. The van der Waals surface area contributed by atoms with Gasteiger partial charge in [0.1, 0.15) is 21.5 Å². The van der Waals surface area contributed by atoms with E-state index in [9.17, 15) is 0 Å². The van der Waals surface area contributed by atoms with E-state index in [0.717, 1.165) is 22.5 Å². The zero-order chi connectivity index (χ0) is 13.2. The van der Waals surface area contributed by atoms with Crippen LogP contribution in [0.5, 0.6) is 0 Å². The predicted octanol–water partition coefficient (Wildman–Crippen LogP) is 3.98. The van der Waals surface area contributed by atoms with Crippen LogP contribution in [-0.2, 0) is 6.42 Å². The van der Waals surface area contributed by atoms with Crippen LogP contribution in [-0.4, -0.2) is 15.0 Å². The van der Waals surface area contributed by atoms with Gasteiger partial charge in [0.15, 0.2) is 5.58 Å². The summed E-state index contributed by atoms with van der Waals surface area (Å²) in [6.07, 6.45) is 0.738. The van der Waals surface area contributed by atoms with E-state index in [4.69, 9.17) is 16.0 Å². The molecule has 0 saturated heterocycles. The molecule has 0 saturated carbocycles. The maximum atomic E-state index is 5.96. The van der Waals surface area contributed by atoms with Gasteiger partial charge in [-0.2, -0.15) is 0 Å². The number of fused-ring (bicyclic) bond motifs is 1. The van der Waals surface area contributed by atoms with Crippen LogP contribution in [0.3, 0.4) is 0 Å².